The highest BCUT2D eigenvalue weighted by atomic mass is 19.1. The molecule has 35 heavy (non-hydrogen) atoms. The van der Waals surface area contributed by atoms with E-state index in [1.165, 1.54) is 18.2 Å². The Kier molecular flexibility index (Phi) is 5.93. The summed E-state index contributed by atoms with van der Waals surface area (Å²) in [7, 11) is 0. The number of nitrogens with zero attached hydrogens (tertiary/aromatic N) is 2. The molecule has 0 aliphatic rings. The third kappa shape index (κ3) is 4.72. The Morgan fingerprint density at radius 2 is 1.74 bits per heavy atom. The number of hydrogen-bond acceptors (Lipinski definition) is 5. The zero-order chi connectivity index (χ0) is 24.4. The Labute approximate surface area is 199 Å². The van der Waals surface area contributed by atoms with Crippen molar-refractivity contribution >= 4 is 16.7 Å². The van der Waals surface area contributed by atoms with Crippen LogP contribution in [0.1, 0.15) is 45.8 Å². The Morgan fingerprint density at radius 1 is 0.971 bits per heavy atom. The summed E-state index contributed by atoms with van der Waals surface area (Å²) in [6.45, 7) is 1.89. The number of benzene rings is 3. The van der Waals surface area contributed by atoms with Crippen LogP contribution < -0.4 is 10.3 Å². The highest BCUT2D eigenvalue weighted by molar-refractivity contribution is 5.89. The first kappa shape index (κ1) is 22.2. The van der Waals surface area contributed by atoms with Crippen LogP contribution in [0.5, 0.6) is 5.75 Å². The summed E-state index contributed by atoms with van der Waals surface area (Å²) in [6.07, 6.45) is 0.450. The Bertz CT molecular complexity index is 1570. The fraction of sp³-hybridized carbons (Fsp3) is 0.111. The highest BCUT2D eigenvalue weighted by Crippen LogP contribution is 2.24. The van der Waals surface area contributed by atoms with Crippen molar-refractivity contribution < 1.29 is 13.9 Å². The Balaban J connectivity index is 1.34. The van der Waals surface area contributed by atoms with Crippen molar-refractivity contribution in [3.63, 3.8) is 0 Å². The molecule has 0 saturated carbocycles. The molecule has 1 atom stereocenters. The summed E-state index contributed by atoms with van der Waals surface area (Å²) in [4.78, 5) is 25.0. The van der Waals surface area contributed by atoms with Crippen molar-refractivity contribution in [1.82, 2.24) is 20.4 Å². The summed E-state index contributed by atoms with van der Waals surface area (Å²) in [5, 5.41) is 15.5. The number of H-pyrrole nitrogens is 2. The van der Waals surface area contributed by atoms with Crippen molar-refractivity contribution in [2.45, 2.75) is 19.3 Å². The number of carbonyl (C=O) groups excluding carboxylic acids is 1. The number of halogens is 1. The van der Waals surface area contributed by atoms with Gasteiger partial charge in [-0.05, 0) is 40.1 Å². The molecule has 0 radical (unpaired) electrons. The lowest BCUT2D eigenvalue weighted by molar-refractivity contribution is 0.0725. The number of hydrogen-bond donors (Lipinski definition) is 2. The molecule has 2 N–H and O–H groups in total. The van der Waals surface area contributed by atoms with Crippen LogP contribution in [-0.4, -0.2) is 26.4 Å². The number of fused-ring (bicyclic) bond motifs is 1. The monoisotopic (exact) mass is 468 g/mol. The summed E-state index contributed by atoms with van der Waals surface area (Å²) < 4.78 is 18.6. The highest BCUT2D eigenvalue weighted by Gasteiger charge is 2.19. The minimum atomic E-state index is -0.747. The zero-order valence-corrected chi connectivity index (χ0v) is 18.8. The lowest BCUT2D eigenvalue weighted by Crippen LogP contribution is -2.18. The van der Waals surface area contributed by atoms with Gasteiger partial charge in [0.1, 0.15) is 11.5 Å². The van der Waals surface area contributed by atoms with Crippen LogP contribution in [0.3, 0.4) is 0 Å². The van der Waals surface area contributed by atoms with E-state index in [2.05, 4.69) is 20.4 Å². The number of aromatic nitrogens is 4. The lowest BCUT2D eigenvalue weighted by atomic mass is 9.98. The number of aromatic amines is 2. The molecule has 7 nitrogen and oxygen atoms in total. The Hall–Kier alpha value is -4.59. The van der Waals surface area contributed by atoms with Crippen LogP contribution in [0.15, 0.2) is 83.7 Å². The maximum absolute atomic E-state index is 13.2. The number of nitrogens with one attached hydrogen (secondary N) is 2. The van der Waals surface area contributed by atoms with Crippen molar-refractivity contribution in [1.29, 1.82) is 0 Å². The molecule has 0 aliphatic carbocycles. The maximum Gasteiger partial charge on any atom is 0.361 e. The topological polar surface area (TPSA) is 101 Å². The van der Waals surface area contributed by atoms with E-state index < -0.39 is 11.5 Å². The second kappa shape index (κ2) is 9.34. The van der Waals surface area contributed by atoms with Gasteiger partial charge in [-0.25, -0.2) is 14.3 Å². The summed E-state index contributed by atoms with van der Waals surface area (Å²) in [5.41, 5.74) is 2.51. The first-order chi connectivity index (χ1) is 17.0. The smallest absolute Gasteiger partial charge is 0.361 e. The summed E-state index contributed by atoms with van der Waals surface area (Å²) in [5.74, 6) is -1.40. The fourth-order valence-electron chi connectivity index (χ4n) is 3.98. The van der Waals surface area contributed by atoms with Crippen LogP contribution in [0.4, 0.5) is 4.39 Å². The van der Waals surface area contributed by atoms with Crippen LogP contribution >= 0.6 is 0 Å². The van der Waals surface area contributed by atoms with E-state index in [1.807, 2.05) is 49.4 Å². The molecule has 0 aliphatic heterocycles. The molecule has 174 valence electrons. The average molecular weight is 468 g/mol. The summed E-state index contributed by atoms with van der Waals surface area (Å²) >= 11 is 0. The number of carbonyl (C=O) groups is 1. The molecule has 0 spiro atoms. The van der Waals surface area contributed by atoms with Gasteiger partial charge in [-0.15, -0.1) is 0 Å². The molecule has 3 aromatic carbocycles. The molecular weight excluding hydrogens is 447 g/mol. The molecule has 0 saturated heterocycles. The van der Waals surface area contributed by atoms with E-state index in [0.717, 1.165) is 21.9 Å². The normalized spacial score (nSPS) is 11.9. The van der Waals surface area contributed by atoms with E-state index in [9.17, 15) is 14.0 Å². The molecule has 0 fully saturated rings. The van der Waals surface area contributed by atoms with Gasteiger partial charge in [-0.1, -0.05) is 61.5 Å². The van der Waals surface area contributed by atoms with Gasteiger partial charge in [0.05, 0.1) is 11.4 Å². The lowest BCUT2D eigenvalue weighted by Gasteiger charge is -2.08. The van der Waals surface area contributed by atoms with Crippen LogP contribution in [0.25, 0.3) is 10.8 Å². The number of esters is 1. The van der Waals surface area contributed by atoms with Crippen molar-refractivity contribution in [3.8, 4) is 5.75 Å². The van der Waals surface area contributed by atoms with Crippen molar-refractivity contribution in [2.75, 3.05) is 0 Å². The van der Waals surface area contributed by atoms with Gasteiger partial charge in [-0.3, -0.25) is 9.89 Å². The first-order valence-corrected chi connectivity index (χ1v) is 11.1. The molecule has 8 heteroatoms. The zero-order valence-electron chi connectivity index (χ0n) is 18.8. The maximum atomic E-state index is 13.2. The predicted octanol–water partition coefficient (Wildman–Crippen LogP) is 4.75. The standard InChI is InChI=1S/C27H21FN4O3/c1-16(17-9-11-20(28)12-10-17)23-15-24(31-30-23)27(34)35-25-14-21(29-32-26(25)33)13-19-7-4-6-18-5-2-3-8-22(18)19/h2-12,14-16H,13H2,1H3,(H,30,31)(H,32,33). The van der Waals surface area contributed by atoms with Crippen molar-refractivity contribution in [3.05, 3.63) is 123 Å². The van der Waals surface area contributed by atoms with Crippen LogP contribution in [0, 0.1) is 5.82 Å². The third-order valence-corrected chi connectivity index (χ3v) is 5.91. The molecule has 0 amide bonds. The SMILES string of the molecule is CC(c1ccc(F)cc1)c1cc(C(=O)Oc2cc(Cc3cccc4ccccc34)n[nH]c2=O)[nH]n1. The van der Waals surface area contributed by atoms with Crippen molar-refractivity contribution in [2.24, 2.45) is 0 Å². The second-order valence-corrected chi connectivity index (χ2v) is 8.24. The summed E-state index contributed by atoms with van der Waals surface area (Å²) in [6, 6.07) is 23.1. The van der Waals surface area contributed by atoms with Crippen LogP contribution in [0.2, 0.25) is 0 Å². The molecular formula is C27H21FN4O3. The third-order valence-electron chi connectivity index (χ3n) is 5.91. The molecule has 2 heterocycles. The molecule has 2 aromatic heterocycles. The predicted molar refractivity (Wildman–Crippen MR) is 129 cm³/mol. The molecule has 5 rings (SSSR count). The van der Waals surface area contributed by atoms with E-state index in [1.54, 1.807) is 18.2 Å². The van der Waals surface area contributed by atoms with E-state index in [4.69, 9.17) is 4.74 Å². The van der Waals surface area contributed by atoms with Gasteiger partial charge < -0.3 is 4.74 Å². The van der Waals surface area contributed by atoms with Gasteiger partial charge in [0, 0.05) is 18.4 Å². The minimum absolute atomic E-state index is 0.0979. The Morgan fingerprint density at radius 3 is 2.57 bits per heavy atom. The largest absolute Gasteiger partial charge is 0.416 e. The second-order valence-electron chi connectivity index (χ2n) is 8.24. The fourth-order valence-corrected chi connectivity index (χ4v) is 3.98. The van der Waals surface area contributed by atoms with Gasteiger partial charge in [-0.2, -0.15) is 10.2 Å². The molecule has 5 aromatic rings. The van der Waals surface area contributed by atoms with Crippen LogP contribution in [-0.2, 0) is 6.42 Å². The van der Waals surface area contributed by atoms with Gasteiger partial charge >= 0.3 is 11.5 Å². The van der Waals surface area contributed by atoms with Gasteiger partial charge in [0.25, 0.3) is 0 Å². The number of ether oxygens (including phenoxy) is 1. The van der Waals surface area contributed by atoms with E-state index >= 15 is 0 Å². The quantitative estimate of drug-likeness (QED) is 0.351. The van der Waals surface area contributed by atoms with Gasteiger partial charge in [0.15, 0.2) is 5.75 Å². The molecule has 0 bridgehead atoms. The van der Waals surface area contributed by atoms with E-state index in [0.29, 0.717) is 17.8 Å². The minimum Gasteiger partial charge on any atom is -0.416 e. The van der Waals surface area contributed by atoms with E-state index in [-0.39, 0.29) is 23.2 Å². The number of rotatable bonds is 6. The molecule has 1 unspecified atom stereocenters. The average Bonchev–Trinajstić information content (AvgIpc) is 3.37. The van der Waals surface area contributed by atoms with Gasteiger partial charge in [0.2, 0.25) is 0 Å². The first-order valence-electron chi connectivity index (χ1n) is 11.1.